The standard InChI is InChI=1S/C22H14F3NO4/c23-16-10-11-17(24)20(19(16)25)30-15-8-6-13(7-9-15)12-18(22(28)29)26-21(27)14-4-2-1-3-5-14/h1-12H,(H,26,27)(H,28,29). The molecule has 152 valence electrons. The minimum atomic E-state index is -1.46. The molecule has 0 heterocycles. The summed E-state index contributed by atoms with van der Waals surface area (Å²) < 4.78 is 45.7. The van der Waals surface area contributed by atoms with E-state index in [-0.39, 0.29) is 17.0 Å². The molecular formula is C22H14F3NO4. The van der Waals surface area contributed by atoms with Gasteiger partial charge >= 0.3 is 5.97 Å². The first-order valence-electron chi connectivity index (χ1n) is 8.58. The fraction of sp³-hybridized carbons (Fsp3) is 0. The third-order valence-corrected chi connectivity index (χ3v) is 3.93. The molecule has 2 N–H and O–H groups in total. The Morgan fingerprint density at radius 3 is 2.13 bits per heavy atom. The topological polar surface area (TPSA) is 75.6 Å². The molecule has 0 atom stereocenters. The minimum absolute atomic E-state index is 0.000691. The second kappa shape index (κ2) is 8.95. The van der Waals surface area contributed by atoms with Gasteiger partial charge in [-0.25, -0.2) is 13.6 Å². The highest BCUT2D eigenvalue weighted by Crippen LogP contribution is 2.29. The first-order valence-corrected chi connectivity index (χ1v) is 8.58. The maximum Gasteiger partial charge on any atom is 0.352 e. The molecule has 0 aliphatic carbocycles. The lowest BCUT2D eigenvalue weighted by atomic mass is 10.1. The van der Waals surface area contributed by atoms with E-state index in [1.54, 1.807) is 18.2 Å². The Morgan fingerprint density at radius 2 is 1.50 bits per heavy atom. The molecule has 3 aromatic rings. The Morgan fingerprint density at radius 1 is 0.867 bits per heavy atom. The lowest BCUT2D eigenvalue weighted by Crippen LogP contribution is -2.27. The zero-order valence-corrected chi connectivity index (χ0v) is 15.2. The summed E-state index contributed by atoms with van der Waals surface area (Å²) in [4.78, 5) is 23.6. The quantitative estimate of drug-likeness (QED) is 0.452. The maximum atomic E-state index is 13.7. The van der Waals surface area contributed by atoms with Crippen LogP contribution in [-0.4, -0.2) is 17.0 Å². The van der Waals surface area contributed by atoms with E-state index in [9.17, 15) is 27.9 Å². The first-order chi connectivity index (χ1) is 14.3. The number of rotatable bonds is 6. The number of carbonyl (C=O) groups is 2. The third kappa shape index (κ3) is 4.85. The summed E-state index contributed by atoms with van der Waals surface area (Å²) in [5.74, 6) is -6.64. The number of amides is 1. The second-order valence-corrected chi connectivity index (χ2v) is 6.03. The SMILES string of the molecule is O=C(O)C(=Cc1ccc(Oc2c(F)ccc(F)c2F)cc1)NC(=O)c1ccccc1. The molecule has 0 aromatic heterocycles. The van der Waals surface area contributed by atoms with E-state index in [0.717, 1.165) is 6.07 Å². The molecule has 0 bridgehead atoms. The van der Waals surface area contributed by atoms with E-state index >= 15 is 0 Å². The summed E-state index contributed by atoms with van der Waals surface area (Å²) in [7, 11) is 0. The predicted octanol–water partition coefficient (Wildman–Crippen LogP) is 4.75. The van der Waals surface area contributed by atoms with Gasteiger partial charge in [0.05, 0.1) is 0 Å². The van der Waals surface area contributed by atoms with Gasteiger partial charge in [-0.1, -0.05) is 30.3 Å². The van der Waals surface area contributed by atoms with Gasteiger partial charge in [0.25, 0.3) is 5.91 Å². The fourth-order valence-electron chi connectivity index (χ4n) is 2.45. The van der Waals surface area contributed by atoms with E-state index in [0.29, 0.717) is 11.6 Å². The van der Waals surface area contributed by atoms with E-state index in [2.05, 4.69) is 5.32 Å². The van der Waals surface area contributed by atoms with Crippen LogP contribution in [0.4, 0.5) is 13.2 Å². The highest BCUT2D eigenvalue weighted by Gasteiger charge is 2.16. The first kappa shape index (κ1) is 20.7. The zero-order valence-electron chi connectivity index (χ0n) is 15.2. The zero-order chi connectivity index (χ0) is 21.7. The highest BCUT2D eigenvalue weighted by atomic mass is 19.2. The van der Waals surface area contributed by atoms with Crippen LogP contribution in [-0.2, 0) is 4.79 Å². The van der Waals surface area contributed by atoms with Crippen LogP contribution in [0.1, 0.15) is 15.9 Å². The van der Waals surface area contributed by atoms with E-state index < -0.39 is 35.1 Å². The van der Waals surface area contributed by atoms with Gasteiger partial charge in [0.2, 0.25) is 11.6 Å². The lowest BCUT2D eigenvalue weighted by molar-refractivity contribution is -0.132. The molecule has 0 radical (unpaired) electrons. The Hall–Kier alpha value is -4.07. The number of aliphatic carboxylic acids is 1. The van der Waals surface area contributed by atoms with Gasteiger partial charge < -0.3 is 15.2 Å². The molecule has 1 amide bonds. The molecule has 0 unspecified atom stereocenters. The molecule has 3 aromatic carbocycles. The van der Waals surface area contributed by atoms with Crippen LogP contribution in [0.3, 0.4) is 0 Å². The number of benzene rings is 3. The molecule has 0 saturated heterocycles. The van der Waals surface area contributed by atoms with Crippen LogP contribution in [0.5, 0.6) is 11.5 Å². The largest absolute Gasteiger partial charge is 0.477 e. The molecule has 0 aliphatic rings. The van der Waals surface area contributed by atoms with Crippen molar-refractivity contribution in [3.05, 3.63) is 101 Å². The second-order valence-electron chi connectivity index (χ2n) is 6.03. The molecular weight excluding hydrogens is 399 g/mol. The van der Waals surface area contributed by atoms with Crippen molar-refractivity contribution < 1.29 is 32.6 Å². The summed E-state index contributed by atoms with van der Waals surface area (Å²) in [6, 6.07) is 14.9. The number of hydrogen-bond acceptors (Lipinski definition) is 3. The molecule has 0 spiro atoms. The van der Waals surface area contributed by atoms with E-state index in [1.165, 1.54) is 42.5 Å². The summed E-state index contributed by atoms with van der Waals surface area (Å²) in [5, 5.41) is 11.6. The third-order valence-electron chi connectivity index (χ3n) is 3.93. The number of hydrogen-bond donors (Lipinski definition) is 2. The Bertz CT molecular complexity index is 1110. The van der Waals surface area contributed by atoms with Crippen molar-refractivity contribution >= 4 is 18.0 Å². The molecule has 8 heteroatoms. The average Bonchev–Trinajstić information content (AvgIpc) is 2.75. The van der Waals surface area contributed by atoms with E-state index in [1.807, 2.05) is 0 Å². The van der Waals surface area contributed by atoms with Crippen LogP contribution in [0.2, 0.25) is 0 Å². The van der Waals surface area contributed by atoms with Crippen LogP contribution in [0.15, 0.2) is 72.4 Å². The number of nitrogens with one attached hydrogen (secondary N) is 1. The Balaban J connectivity index is 1.79. The van der Waals surface area contributed by atoms with Crippen molar-refractivity contribution in [2.24, 2.45) is 0 Å². The highest BCUT2D eigenvalue weighted by molar-refractivity contribution is 6.02. The number of halogens is 3. The molecule has 0 aliphatic heterocycles. The number of carboxylic acid groups (broad SMARTS) is 1. The van der Waals surface area contributed by atoms with Crippen LogP contribution in [0, 0.1) is 17.5 Å². The van der Waals surface area contributed by atoms with Crippen molar-refractivity contribution in [3.63, 3.8) is 0 Å². The number of carbonyl (C=O) groups excluding carboxylic acids is 1. The monoisotopic (exact) mass is 413 g/mol. The van der Waals surface area contributed by atoms with Crippen molar-refractivity contribution in [1.82, 2.24) is 5.32 Å². The maximum absolute atomic E-state index is 13.7. The Labute approximate surface area is 169 Å². The summed E-state index contributed by atoms with van der Waals surface area (Å²) in [5.41, 5.74) is 0.278. The van der Waals surface area contributed by atoms with Crippen LogP contribution >= 0.6 is 0 Å². The fourth-order valence-corrected chi connectivity index (χ4v) is 2.45. The molecule has 3 rings (SSSR count). The van der Waals surface area contributed by atoms with E-state index in [4.69, 9.17) is 4.74 Å². The molecule has 30 heavy (non-hydrogen) atoms. The number of carboxylic acids is 1. The van der Waals surface area contributed by atoms with Gasteiger partial charge in [-0.05, 0) is 48.0 Å². The van der Waals surface area contributed by atoms with Gasteiger partial charge in [0.1, 0.15) is 11.4 Å². The predicted molar refractivity (Wildman–Crippen MR) is 102 cm³/mol. The Kier molecular flexibility index (Phi) is 6.17. The minimum Gasteiger partial charge on any atom is -0.477 e. The van der Waals surface area contributed by atoms with Gasteiger partial charge in [-0.15, -0.1) is 0 Å². The van der Waals surface area contributed by atoms with Crippen molar-refractivity contribution in [2.45, 2.75) is 0 Å². The van der Waals surface area contributed by atoms with Crippen molar-refractivity contribution in [1.29, 1.82) is 0 Å². The van der Waals surface area contributed by atoms with Crippen LogP contribution in [0.25, 0.3) is 6.08 Å². The van der Waals surface area contributed by atoms with Gasteiger partial charge in [0.15, 0.2) is 11.6 Å². The smallest absolute Gasteiger partial charge is 0.352 e. The number of ether oxygens (including phenoxy) is 1. The summed E-state index contributed by atoms with van der Waals surface area (Å²) in [6.07, 6.45) is 1.20. The van der Waals surface area contributed by atoms with Crippen molar-refractivity contribution in [2.75, 3.05) is 0 Å². The lowest BCUT2D eigenvalue weighted by Gasteiger charge is -2.09. The van der Waals surface area contributed by atoms with Crippen molar-refractivity contribution in [3.8, 4) is 11.5 Å². The van der Waals surface area contributed by atoms with Gasteiger partial charge in [0, 0.05) is 5.56 Å². The molecule has 0 saturated carbocycles. The average molecular weight is 413 g/mol. The molecule has 0 fully saturated rings. The van der Waals surface area contributed by atoms with Gasteiger partial charge in [-0.2, -0.15) is 4.39 Å². The van der Waals surface area contributed by atoms with Crippen LogP contribution < -0.4 is 10.1 Å². The molecule has 5 nitrogen and oxygen atoms in total. The normalized spacial score (nSPS) is 11.1. The summed E-state index contributed by atoms with van der Waals surface area (Å²) >= 11 is 0. The van der Waals surface area contributed by atoms with Gasteiger partial charge in [-0.3, -0.25) is 4.79 Å². The summed E-state index contributed by atoms with van der Waals surface area (Å²) in [6.45, 7) is 0.